The quantitative estimate of drug-likeness (QED) is 0.0481. The summed E-state index contributed by atoms with van der Waals surface area (Å²) < 4.78 is 37.0. The standard InChI is InChI=1S/3C22H27NO3.C22H27NO2.C21H25NO3/c2*1-13-7-8-22(25)18-11-15-16(24)5-6-17-19(15)21(22,20(13)26-17)9-10-23(18,2)12-14-3-4-14;1-13-7-8-22(25)17-11-15-5-6-16(24)19-18(15)21(22,20(13)26-19)9-10-23(17,2)12-14-3-4-14;1-13-3-6-16-17-11-15-18(24)7-8-19-20(15)22(16,21(13)25-19)9-10-23(17,2)12-14-4-5-14;1-22(11-12-2-3-12)9-8-21-14-5-7-17(24)20(21)25-19-16(23)6-4-13(18(19)21)10-15(14)22/h2*5-6,14,18,20,25H,1,3-4,7-12H2,2H3;5-6,14,17,20,25H,1,3-4,7-12H2,2H3;7-8,14,16-17,21H,1,3-6,9-12H2,2H3;4,6,12,14-15,20H,2-3,5,7-11H2,1H3/p+5/t18?,20?,21-,22?,23+;18?,20?,21-,22?,23-;17?,20?,21-,22?,23-;16?,17?,21?,22-,23-;14?,15?,20?,21-,22+/m00101/s1. The minimum atomic E-state index is -0.771. The molecule has 15 unspecified atom stereocenters. The molecule has 0 amide bonds. The van der Waals surface area contributed by atoms with E-state index >= 15 is 0 Å². The number of hydrogen-bond acceptors (Lipinski definition) is 14. The van der Waals surface area contributed by atoms with E-state index in [9.17, 15) is 45.6 Å². The van der Waals surface area contributed by atoms with Crippen LogP contribution >= 0.6 is 0 Å². The Morgan fingerprint density at radius 2 is 0.664 bits per heavy atom. The highest BCUT2D eigenvalue weighted by atomic mass is 16.5. The fraction of sp³-hybridized carbons (Fsp3) is 0.642. The summed E-state index contributed by atoms with van der Waals surface area (Å²) in [7, 11) is 12.0. The highest BCUT2D eigenvalue weighted by molar-refractivity contribution is 5.89. The van der Waals surface area contributed by atoms with Crippen LogP contribution in [0, 0.1) is 41.4 Å². The SMILES string of the molecule is C=C1CCC2(O)C3Cc4c(O)ccc5c4[C@@]2(CC[N@+]3(C)CC2CC2)C1O5.C=C1CCC2(O)C3Cc4c(O)ccc5c4[C@@]2(CC[N@@+]3(C)CC2CC2)C1O5.C=C1CCC2(O)C3Cc4ccc(O)c5c4[C@]2(CC[N@+]3(C)CC2CC2)C1O5.C=C1CCC2C3Cc4c(O)ccc5c4[C@@]2(CC[N@@+]3(C)CC2CC2)C1O5.C[N@@+]1(CC2CC2)CC[C@@]23c4c5ccc(O)c4OC2C(=O)CCC3C1C5. The fourth-order valence-corrected chi connectivity index (χ4v) is 35.2. The molecular weight excluding hydrogens is 1600 g/mol. The molecule has 10 bridgehead atoms. The summed E-state index contributed by atoms with van der Waals surface area (Å²) in [6.45, 7) is 29.1. The molecule has 0 radical (unpaired) electrons. The Bertz CT molecular complexity index is 5560. The second-order valence-corrected chi connectivity index (χ2v) is 48.4. The van der Waals surface area contributed by atoms with Crippen molar-refractivity contribution in [3.63, 3.8) is 0 Å². The van der Waals surface area contributed by atoms with Crippen molar-refractivity contribution in [2.24, 2.45) is 41.4 Å². The average Bonchev–Trinajstić information content (AvgIpc) is 1.33. The minimum Gasteiger partial charge on any atom is -0.508 e. The molecule has 8 N–H and O–H groups in total. The maximum Gasteiger partial charge on any atom is 0.174 e. The number of phenolic OH excluding ortho intramolecular Hbond substituents is 5. The smallest absolute Gasteiger partial charge is 0.174 e. The Morgan fingerprint density at radius 3 is 1.12 bits per heavy atom. The van der Waals surface area contributed by atoms with Crippen LogP contribution in [0.25, 0.3) is 0 Å². The summed E-state index contributed by atoms with van der Waals surface area (Å²) in [6.07, 6.45) is 31.1. The highest BCUT2D eigenvalue weighted by Crippen LogP contribution is 2.74. The first-order valence-corrected chi connectivity index (χ1v) is 50.4. The van der Waals surface area contributed by atoms with E-state index in [4.69, 9.17) is 23.7 Å². The molecule has 0 aromatic heterocycles. The number of aliphatic hydroxyl groups is 3. The first-order valence-electron chi connectivity index (χ1n) is 50.4. The molecule has 10 saturated carbocycles. The molecule has 19 heteroatoms. The number of ether oxygens (including phenoxy) is 5. The van der Waals surface area contributed by atoms with Gasteiger partial charge in [0.2, 0.25) is 0 Å². The fourth-order valence-electron chi connectivity index (χ4n) is 35.2. The third-order valence-electron chi connectivity index (χ3n) is 41.8. The molecule has 10 heterocycles. The third-order valence-corrected chi connectivity index (χ3v) is 41.8. The van der Waals surface area contributed by atoms with Gasteiger partial charge in [0, 0.05) is 157 Å². The predicted molar refractivity (Wildman–Crippen MR) is 484 cm³/mol. The molecule has 30 rings (SSSR count). The molecule has 25 aliphatic rings. The molecule has 19 nitrogen and oxygen atoms in total. The molecular formula is C109H138N5O14+5. The van der Waals surface area contributed by atoms with Crippen molar-refractivity contribution in [2.75, 3.05) is 101 Å². The summed E-state index contributed by atoms with van der Waals surface area (Å²) in [5, 5.41) is 89.7. The second-order valence-electron chi connectivity index (χ2n) is 48.4. The maximum absolute atomic E-state index is 12.8. The molecule has 5 saturated heterocycles. The first-order chi connectivity index (χ1) is 61.2. The number of nitrogens with zero attached hydrogens (tertiary/aromatic N) is 5. The van der Waals surface area contributed by atoms with Gasteiger partial charge in [0.1, 0.15) is 93.8 Å². The van der Waals surface area contributed by atoms with Crippen molar-refractivity contribution in [3.8, 4) is 57.5 Å². The number of rotatable bonds is 10. The summed E-state index contributed by atoms with van der Waals surface area (Å²) in [5.41, 5.74) is 12.6. The van der Waals surface area contributed by atoms with Crippen molar-refractivity contribution in [1.82, 2.24) is 0 Å². The number of likely N-dealkylation sites (tertiary alicyclic amines) is 5. The zero-order valence-electron chi connectivity index (χ0n) is 76.5. The maximum atomic E-state index is 12.8. The van der Waals surface area contributed by atoms with Crippen LogP contribution in [0.1, 0.15) is 216 Å². The lowest BCUT2D eigenvalue weighted by molar-refractivity contribution is -0.950. The minimum absolute atomic E-state index is 0.0863. The zero-order chi connectivity index (χ0) is 87.6. The van der Waals surface area contributed by atoms with Crippen LogP contribution in [0.3, 0.4) is 0 Å². The van der Waals surface area contributed by atoms with Gasteiger partial charge >= 0.3 is 0 Å². The molecule has 15 fully saturated rings. The van der Waals surface area contributed by atoms with Crippen LogP contribution in [0.15, 0.2) is 109 Å². The van der Waals surface area contributed by atoms with Gasteiger partial charge in [0.05, 0.1) is 140 Å². The largest absolute Gasteiger partial charge is 0.508 e. The van der Waals surface area contributed by atoms with E-state index < -0.39 is 33.0 Å². The van der Waals surface area contributed by atoms with Crippen LogP contribution in [-0.4, -0.2) is 247 Å². The first kappa shape index (κ1) is 81.2. The summed E-state index contributed by atoms with van der Waals surface area (Å²) in [6, 6.07) is 20.6. The van der Waals surface area contributed by atoms with Gasteiger partial charge in [-0.3, -0.25) is 4.79 Å². The lowest BCUT2D eigenvalue weighted by Gasteiger charge is -2.65. The Balaban J connectivity index is 0.0000000847. The van der Waals surface area contributed by atoms with Crippen LogP contribution in [0.4, 0.5) is 0 Å². The van der Waals surface area contributed by atoms with Gasteiger partial charge in [0.15, 0.2) is 34.9 Å². The number of phenols is 5. The molecule has 5 aromatic carbocycles. The van der Waals surface area contributed by atoms with Gasteiger partial charge in [-0.25, -0.2) is 0 Å². The van der Waals surface area contributed by atoms with Crippen LogP contribution in [0.5, 0.6) is 57.5 Å². The van der Waals surface area contributed by atoms with E-state index in [0.29, 0.717) is 59.1 Å². The Labute approximate surface area is 755 Å². The number of carbonyl (C=O) groups excluding carboxylic acids is 1. The van der Waals surface area contributed by atoms with Crippen molar-refractivity contribution in [3.05, 3.63) is 165 Å². The van der Waals surface area contributed by atoms with Crippen molar-refractivity contribution < 1.29 is 91.7 Å². The van der Waals surface area contributed by atoms with Crippen molar-refractivity contribution in [1.29, 1.82) is 0 Å². The average molecular weight is 1740 g/mol. The van der Waals surface area contributed by atoms with Crippen LogP contribution in [-0.2, 0) is 64.0 Å². The van der Waals surface area contributed by atoms with E-state index in [1.807, 2.05) is 24.3 Å². The van der Waals surface area contributed by atoms with Gasteiger partial charge in [-0.2, -0.15) is 0 Å². The monoisotopic (exact) mass is 1740 g/mol. The number of quaternary nitrogens is 5. The Hall–Kier alpha value is -7.59. The Morgan fingerprint density at radius 1 is 0.328 bits per heavy atom. The van der Waals surface area contributed by atoms with Crippen molar-refractivity contribution in [2.45, 2.75) is 297 Å². The molecule has 5 aromatic rings. The summed E-state index contributed by atoms with van der Waals surface area (Å²) >= 11 is 0. The van der Waals surface area contributed by atoms with E-state index in [2.05, 4.69) is 73.7 Å². The van der Waals surface area contributed by atoms with E-state index in [0.717, 1.165) is 253 Å². The zero-order valence-corrected chi connectivity index (χ0v) is 76.5. The molecule has 678 valence electrons. The lowest BCUT2D eigenvalue weighted by atomic mass is 9.48. The van der Waals surface area contributed by atoms with Gasteiger partial charge < -0.3 is 87.0 Å². The van der Waals surface area contributed by atoms with E-state index in [1.54, 1.807) is 24.3 Å². The third kappa shape index (κ3) is 10.4. The van der Waals surface area contributed by atoms with Crippen LogP contribution < -0.4 is 23.7 Å². The molecule has 5 spiro atoms. The number of carbonyl (C=O) groups is 1. The normalized spacial score (nSPS) is 44.6. The van der Waals surface area contributed by atoms with Gasteiger partial charge in [-0.05, 0) is 204 Å². The summed E-state index contributed by atoms with van der Waals surface area (Å²) in [5.74, 6) is 11.4. The molecule has 25 atom stereocenters. The number of piperidine rings is 5. The van der Waals surface area contributed by atoms with Crippen molar-refractivity contribution >= 4 is 5.78 Å². The lowest BCUT2D eigenvalue weighted by Crippen LogP contribution is -2.80. The van der Waals surface area contributed by atoms with Crippen LogP contribution in [0.2, 0.25) is 0 Å². The molecule has 10 aliphatic heterocycles. The van der Waals surface area contributed by atoms with Gasteiger partial charge in [-0.1, -0.05) is 38.4 Å². The van der Waals surface area contributed by atoms with E-state index in [1.165, 1.54) is 146 Å². The van der Waals surface area contributed by atoms with Gasteiger partial charge in [-0.15, -0.1) is 0 Å². The highest BCUT2D eigenvalue weighted by Gasteiger charge is 2.81. The number of likely N-dealkylation sites (N-methyl/N-ethyl adjacent to an activating group) is 5. The number of ketones is 1. The topological polar surface area (TPSA) is 225 Å². The molecule has 128 heavy (non-hydrogen) atoms. The van der Waals surface area contributed by atoms with Gasteiger partial charge in [0.25, 0.3) is 0 Å². The number of aromatic hydroxyl groups is 5. The second kappa shape index (κ2) is 26.5. The number of benzene rings is 5. The number of Topliss-reactive ketones (excluding diaryl/α,β-unsaturated/α-hetero) is 1. The predicted octanol–water partition coefficient (Wildman–Crippen LogP) is 14.1. The number of hydrogen-bond donors (Lipinski definition) is 8. The van der Waals surface area contributed by atoms with E-state index in [-0.39, 0.29) is 76.8 Å². The summed E-state index contributed by atoms with van der Waals surface area (Å²) in [4.78, 5) is 12.8. The Kier molecular flexibility index (Phi) is 16.8. The molecule has 15 aliphatic carbocycles.